The van der Waals surface area contributed by atoms with Gasteiger partial charge < -0.3 is 9.47 Å². The van der Waals surface area contributed by atoms with Crippen LogP contribution in [0.5, 0.6) is 0 Å². The lowest BCUT2D eigenvalue weighted by Crippen LogP contribution is -2.36. The van der Waals surface area contributed by atoms with E-state index in [4.69, 9.17) is 0 Å². The molecule has 0 spiro atoms. The summed E-state index contributed by atoms with van der Waals surface area (Å²) >= 11 is 1.49. The summed E-state index contributed by atoms with van der Waals surface area (Å²) in [4.78, 5) is 23.7. The fourth-order valence-corrected chi connectivity index (χ4v) is 3.97. The maximum absolute atomic E-state index is 12.1. The summed E-state index contributed by atoms with van der Waals surface area (Å²) in [5.74, 6) is 0. The summed E-state index contributed by atoms with van der Waals surface area (Å²) in [6.45, 7) is 3.84. The zero-order valence-corrected chi connectivity index (χ0v) is 13.7. The molecule has 3 aromatic heterocycles. The molecule has 0 bridgehead atoms. The van der Waals surface area contributed by atoms with Crippen LogP contribution in [0.1, 0.15) is 31.5 Å². The van der Waals surface area contributed by atoms with Gasteiger partial charge in [-0.3, -0.25) is 4.79 Å². The molecule has 0 saturated carbocycles. The number of fused-ring (bicyclic) bond motifs is 1. The minimum Gasteiger partial charge on any atom is -0.345 e. The van der Waals surface area contributed by atoms with Gasteiger partial charge in [0.1, 0.15) is 0 Å². The van der Waals surface area contributed by atoms with Gasteiger partial charge in [-0.2, -0.15) is 4.52 Å². The Bertz CT molecular complexity index is 868. The van der Waals surface area contributed by atoms with E-state index in [1.54, 1.807) is 6.07 Å². The van der Waals surface area contributed by atoms with Crippen LogP contribution in [0.15, 0.2) is 29.6 Å². The lowest BCUT2D eigenvalue weighted by atomic mass is 10.1. The van der Waals surface area contributed by atoms with Gasteiger partial charge in [0.15, 0.2) is 0 Å². The monoisotopic (exact) mass is 330 g/mol. The van der Waals surface area contributed by atoms with Crippen molar-refractivity contribution in [2.45, 2.75) is 32.2 Å². The van der Waals surface area contributed by atoms with Gasteiger partial charge in [0, 0.05) is 37.2 Å². The fraction of sp³-hybridized carbons (Fsp3) is 0.467. The molecule has 1 atom stereocenters. The SMILES string of the molecule is CCc1cc(=O)n2nc(N3CCC[C@@H](n4ccnc4)C3)sc2n1. The first-order valence-corrected chi connectivity index (χ1v) is 8.68. The third kappa shape index (κ3) is 2.63. The van der Waals surface area contributed by atoms with Crippen LogP contribution in [0.3, 0.4) is 0 Å². The predicted octanol–water partition coefficient (Wildman–Crippen LogP) is 1.75. The van der Waals surface area contributed by atoms with E-state index in [9.17, 15) is 4.79 Å². The third-order valence-corrected chi connectivity index (χ3v) is 5.23. The molecule has 0 N–H and O–H groups in total. The van der Waals surface area contributed by atoms with Gasteiger partial charge in [-0.1, -0.05) is 18.3 Å². The van der Waals surface area contributed by atoms with Crippen LogP contribution < -0.4 is 10.5 Å². The van der Waals surface area contributed by atoms with E-state index in [0.29, 0.717) is 11.0 Å². The predicted molar refractivity (Wildman–Crippen MR) is 89.2 cm³/mol. The Hall–Kier alpha value is -2.22. The molecule has 4 rings (SSSR count). The Morgan fingerprint density at radius 2 is 2.35 bits per heavy atom. The number of nitrogens with zero attached hydrogens (tertiary/aromatic N) is 6. The molecule has 1 aliphatic rings. The maximum Gasteiger partial charge on any atom is 0.275 e. The van der Waals surface area contributed by atoms with Crippen LogP contribution in [-0.4, -0.2) is 37.2 Å². The van der Waals surface area contributed by atoms with Crippen molar-refractivity contribution >= 4 is 21.4 Å². The summed E-state index contributed by atoms with van der Waals surface area (Å²) in [6, 6.07) is 1.97. The molecule has 0 aromatic carbocycles. The lowest BCUT2D eigenvalue weighted by Gasteiger charge is -2.32. The summed E-state index contributed by atoms with van der Waals surface area (Å²) in [5.41, 5.74) is 0.720. The van der Waals surface area contributed by atoms with Crippen LogP contribution in [0.25, 0.3) is 4.96 Å². The van der Waals surface area contributed by atoms with Crippen LogP contribution in [0.4, 0.5) is 5.13 Å². The molecule has 1 fully saturated rings. The highest BCUT2D eigenvalue weighted by Gasteiger charge is 2.24. The fourth-order valence-electron chi connectivity index (χ4n) is 3.01. The Morgan fingerprint density at radius 1 is 1.43 bits per heavy atom. The van der Waals surface area contributed by atoms with Crippen molar-refractivity contribution in [3.05, 3.63) is 40.8 Å². The number of imidazole rings is 1. The number of aryl methyl sites for hydroxylation is 1. The molecule has 8 heteroatoms. The summed E-state index contributed by atoms with van der Waals surface area (Å²) in [6.07, 6.45) is 8.67. The minimum atomic E-state index is -0.0995. The zero-order chi connectivity index (χ0) is 15.8. The van der Waals surface area contributed by atoms with E-state index in [2.05, 4.69) is 24.5 Å². The van der Waals surface area contributed by atoms with Crippen molar-refractivity contribution in [3.8, 4) is 0 Å². The molecule has 7 nitrogen and oxygen atoms in total. The molecule has 120 valence electrons. The molecule has 4 heterocycles. The molecule has 1 aliphatic heterocycles. The molecule has 23 heavy (non-hydrogen) atoms. The topological polar surface area (TPSA) is 68.3 Å². The highest BCUT2D eigenvalue weighted by Crippen LogP contribution is 2.28. The Morgan fingerprint density at radius 3 is 3.13 bits per heavy atom. The number of anilines is 1. The molecule has 3 aromatic rings. The van der Waals surface area contributed by atoms with E-state index in [-0.39, 0.29) is 5.56 Å². The third-order valence-electron chi connectivity index (χ3n) is 4.26. The number of piperidine rings is 1. The van der Waals surface area contributed by atoms with E-state index in [0.717, 1.165) is 43.2 Å². The van der Waals surface area contributed by atoms with Gasteiger partial charge in [0.25, 0.3) is 5.56 Å². The van der Waals surface area contributed by atoms with Crippen molar-refractivity contribution in [1.82, 2.24) is 24.1 Å². The van der Waals surface area contributed by atoms with E-state index < -0.39 is 0 Å². The Balaban J connectivity index is 1.66. The number of aromatic nitrogens is 5. The highest BCUT2D eigenvalue weighted by atomic mass is 32.1. The maximum atomic E-state index is 12.1. The van der Waals surface area contributed by atoms with Gasteiger partial charge in [-0.25, -0.2) is 9.97 Å². The van der Waals surface area contributed by atoms with Crippen LogP contribution in [0, 0.1) is 0 Å². The summed E-state index contributed by atoms with van der Waals surface area (Å²) in [5, 5.41) is 5.36. The second-order valence-corrected chi connectivity index (χ2v) is 6.70. The zero-order valence-electron chi connectivity index (χ0n) is 12.9. The number of hydrogen-bond acceptors (Lipinski definition) is 6. The lowest BCUT2D eigenvalue weighted by molar-refractivity contribution is 0.404. The van der Waals surface area contributed by atoms with Crippen LogP contribution >= 0.6 is 11.3 Å². The largest absolute Gasteiger partial charge is 0.345 e. The quantitative estimate of drug-likeness (QED) is 0.732. The Kier molecular flexibility index (Phi) is 3.60. The van der Waals surface area contributed by atoms with Crippen molar-refractivity contribution in [2.75, 3.05) is 18.0 Å². The summed E-state index contributed by atoms with van der Waals surface area (Å²) < 4.78 is 3.57. The normalized spacial score (nSPS) is 18.7. The van der Waals surface area contributed by atoms with Gasteiger partial charge in [0.05, 0.1) is 12.4 Å². The van der Waals surface area contributed by atoms with Gasteiger partial charge in [-0.05, 0) is 19.3 Å². The molecule has 0 aliphatic carbocycles. The molecular weight excluding hydrogens is 312 g/mol. The van der Waals surface area contributed by atoms with Crippen LogP contribution in [-0.2, 0) is 6.42 Å². The summed E-state index contributed by atoms with van der Waals surface area (Å²) in [7, 11) is 0. The van der Waals surface area contributed by atoms with Crippen molar-refractivity contribution in [3.63, 3.8) is 0 Å². The smallest absolute Gasteiger partial charge is 0.275 e. The first kappa shape index (κ1) is 14.4. The van der Waals surface area contributed by atoms with Crippen molar-refractivity contribution in [2.24, 2.45) is 0 Å². The number of rotatable bonds is 3. The first-order valence-electron chi connectivity index (χ1n) is 7.87. The van der Waals surface area contributed by atoms with Crippen molar-refractivity contribution < 1.29 is 0 Å². The molecule has 1 saturated heterocycles. The van der Waals surface area contributed by atoms with E-state index >= 15 is 0 Å². The molecular formula is C15H18N6OS. The standard InChI is InChI=1S/C15H18N6OS/c1-2-11-8-13(22)21-14(17-11)23-15(18-21)19-6-3-4-12(9-19)20-7-5-16-10-20/h5,7-8,10,12H,2-4,6,9H2,1H3/t12-/m1/s1. The van der Waals surface area contributed by atoms with Gasteiger partial charge in [-0.15, -0.1) is 5.10 Å². The second kappa shape index (κ2) is 5.77. The average molecular weight is 330 g/mol. The second-order valence-electron chi connectivity index (χ2n) is 5.77. The average Bonchev–Trinajstić information content (AvgIpc) is 3.24. The highest BCUT2D eigenvalue weighted by molar-refractivity contribution is 7.20. The first-order chi connectivity index (χ1) is 11.2. The van der Waals surface area contributed by atoms with Crippen molar-refractivity contribution in [1.29, 1.82) is 0 Å². The number of hydrogen-bond donors (Lipinski definition) is 0. The van der Waals surface area contributed by atoms with E-state index in [1.807, 2.05) is 25.6 Å². The molecule has 0 amide bonds. The van der Waals surface area contributed by atoms with Crippen LogP contribution in [0.2, 0.25) is 0 Å². The van der Waals surface area contributed by atoms with Gasteiger partial charge in [0.2, 0.25) is 10.1 Å². The minimum absolute atomic E-state index is 0.0995. The molecule has 0 unspecified atom stereocenters. The molecule has 0 radical (unpaired) electrons. The van der Waals surface area contributed by atoms with Gasteiger partial charge >= 0.3 is 0 Å². The van der Waals surface area contributed by atoms with E-state index in [1.165, 1.54) is 15.9 Å². The Labute approximate surface area is 137 Å².